The molecule has 1 aromatic rings. The number of fused-ring (bicyclic) bond motifs is 1. The maximum atomic E-state index is 12.3. The van der Waals surface area contributed by atoms with E-state index in [1.54, 1.807) is 18.2 Å². The maximum absolute atomic E-state index is 12.3. The monoisotopic (exact) mass is 307 g/mol. The number of nitrogens with zero attached hydrogens (tertiary/aromatic N) is 1. The molecule has 1 saturated heterocycles. The maximum Gasteiger partial charge on any atom is 0.238 e. The van der Waals surface area contributed by atoms with Crippen LogP contribution in [0.4, 0.5) is 11.4 Å². The molecule has 1 aromatic carbocycles. The van der Waals surface area contributed by atoms with Crippen molar-refractivity contribution < 1.29 is 4.79 Å². The van der Waals surface area contributed by atoms with E-state index in [1.807, 2.05) is 0 Å². The zero-order chi connectivity index (χ0) is 14.8. The molecule has 1 aliphatic carbocycles. The van der Waals surface area contributed by atoms with Crippen LogP contribution in [0.25, 0.3) is 0 Å². The highest BCUT2D eigenvalue weighted by Crippen LogP contribution is 2.36. The Balaban J connectivity index is 1.62. The topological polar surface area (TPSA) is 58.4 Å². The van der Waals surface area contributed by atoms with E-state index in [2.05, 4.69) is 10.2 Å². The Bertz CT molecular complexity index is 534. The van der Waals surface area contributed by atoms with Gasteiger partial charge in [0.2, 0.25) is 5.91 Å². The predicted molar refractivity (Wildman–Crippen MR) is 86.4 cm³/mol. The van der Waals surface area contributed by atoms with Gasteiger partial charge in [-0.25, -0.2) is 0 Å². The molecule has 2 fully saturated rings. The van der Waals surface area contributed by atoms with Gasteiger partial charge >= 0.3 is 0 Å². The standard InChI is InChI=1S/C16H22ClN3O/c17-12-6-7-13(18)14(9-12)19-16(21)10-20-8-2-4-11-3-1-5-15(11)20/h6-7,9,11,15H,1-5,8,10,18H2,(H,19,21). The lowest BCUT2D eigenvalue weighted by Gasteiger charge is -2.37. The minimum absolute atomic E-state index is 0.00323. The summed E-state index contributed by atoms with van der Waals surface area (Å²) in [6.45, 7) is 1.48. The summed E-state index contributed by atoms with van der Waals surface area (Å²) < 4.78 is 0. The van der Waals surface area contributed by atoms with Crippen LogP contribution >= 0.6 is 11.6 Å². The molecule has 0 radical (unpaired) electrons. The third-order valence-electron chi connectivity index (χ3n) is 4.74. The van der Waals surface area contributed by atoms with Gasteiger partial charge in [0.15, 0.2) is 0 Å². The first-order chi connectivity index (χ1) is 10.1. The molecule has 3 N–H and O–H groups in total. The summed E-state index contributed by atoms with van der Waals surface area (Å²) in [5, 5.41) is 3.47. The van der Waals surface area contributed by atoms with Crippen LogP contribution in [0, 0.1) is 5.92 Å². The lowest BCUT2D eigenvalue weighted by Crippen LogP contribution is -2.46. The number of nitrogen functional groups attached to an aromatic ring is 1. The molecule has 1 heterocycles. The van der Waals surface area contributed by atoms with Gasteiger partial charge in [-0.2, -0.15) is 0 Å². The Kier molecular flexibility index (Phi) is 4.36. The van der Waals surface area contributed by atoms with E-state index in [0.717, 1.165) is 12.5 Å². The summed E-state index contributed by atoms with van der Waals surface area (Å²) in [6, 6.07) is 5.73. The minimum Gasteiger partial charge on any atom is -0.397 e. The number of nitrogens with two attached hydrogens (primary N) is 1. The van der Waals surface area contributed by atoms with Gasteiger partial charge in [-0.15, -0.1) is 0 Å². The molecular formula is C16H22ClN3O. The van der Waals surface area contributed by atoms with Gasteiger partial charge in [0.05, 0.1) is 17.9 Å². The van der Waals surface area contributed by atoms with Crippen molar-refractivity contribution in [2.45, 2.75) is 38.1 Å². The molecule has 2 aliphatic rings. The highest BCUT2D eigenvalue weighted by Gasteiger charge is 2.35. The van der Waals surface area contributed by atoms with E-state index in [4.69, 9.17) is 17.3 Å². The number of anilines is 2. The predicted octanol–water partition coefficient (Wildman–Crippen LogP) is 3.13. The van der Waals surface area contributed by atoms with E-state index in [0.29, 0.717) is 29.0 Å². The van der Waals surface area contributed by atoms with Crippen LogP contribution in [0.15, 0.2) is 18.2 Å². The van der Waals surface area contributed by atoms with Gasteiger partial charge < -0.3 is 11.1 Å². The van der Waals surface area contributed by atoms with Crippen LogP contribution in [0.3, 0.4) is 0 Å². The molecule has 2 atom stereocenters. The largest absolute Gasteiger partial charge is 0.397 e. The normalized spacial score (nSPS) is 25.6. The Labute approximate surface area is 130 Å². The minimum atomic E-state index is -0.00323. The van der Waals surface area contributed by atoms with Gasteiger partial charge in [0, 0.05) is 11.1 Å². The number of carbonyl (C=O) groups excluding carboxylic acids is 1. The number of halogens is 1. The summed E-state index contributed by atoms with van der Waals surface area (Å²) >= 11 is 5.95. The Hall–Kier alpha value is -1.26. The van der Waals surface area contributed by atoms with E-state index in [1.165, 1.54) is 32.1 Å². The van der Waals surface area contributed by atoms with Gasteiger partial charge in [0.25, 0.3) is 0 Å². The Morgan fingerprint density at radius 3 is 3.00 bits per heavy atom. The molecular weight excluding hydrogens is 286 g/mol. The number of hydrogen-bond acceptors (Lipinski definition) is 3. The average molecular weight is 308 g/mol. The first-order valence-corrected chi connectivity index (χ1v) is 8.10. The van der Waals surface area contributed by atoms with Crippen LogP contribution in [0.1, 0.15) is 32.1 Å². The molecule has 1 aliphatic heterocycles. The third-order valence-corrected chi connectivity index (χ3v) is 4.98. The molecule has 0 spiro atoms. The number of amides is 1. The molecule has 1 saturated carbocycles. The smallest absolute Gasteiger partial charge is 0.238 e. The molecule has 5 heteroatoms. The zero-order valence-corrected chi connectivity index (χ0v) is 12.9. The van der Waals surface area contributed by atoms with E-state index in [-0.39, 0.29) is 5.91 Å². The average Bonchev–Trinajstić information content (AvgIpc) is 2.92. The van der Waals surface area contributed by atoms with Crippen molar-refractivity contribution in [3.8, 4) is 0 Å². The number of likely N-dealkylation sites (tertiary alicyclic amines) is 1. The summed E-state index contributed by atoms with van der Waals surface area (Å²) in [5.41, 5.74) is 7.02. The second-order valence-corrected chi connectivity index (χ2v) is 6.59. The number of piperidine rings is 1. The van der Waals surface area contributed by atoms with Gasteiger partial charge in [-0.1, -0.05) is 18.0 Å². The van der Waals surface area contributed by atoms with Crippen molar-refractivity contribution in [3.63, 3.8) is 0 Å². The van der Waals surface area contributed by atoms with Crippen molar-refractivity contribution >= 4 is 28.9 Å². The molecule has 114 valence electrons. The zero-order valence-electron chi connectivity index (χ0n) is 12.1. The number of nitrogens with one attached hydrogen (secondary N) is 1. The molecule has 2 unspecified atom stereocenters. The number of hydrogen-bond donors (Lipinski definition) is 2. The highest BCUT2D eigenvalue weighted by atomic mass is 35.5. The third kappa shape index (κ3) is 3.33. The fourth-order valence-electron chi connectivity index (χ4n) is 3.76. The summed E-state index contributed by atoms with van der Waals surface area (Å²) in [4.78, 5) is 14.6. The van der Waals surface area contributed by atoms with Crippen molar-refractivity contribution in [2.24, 2.45) is 5.92 Å². The molecule has 21 heavy (non-hydrogen) atoms. The Morgan fingerprint density at radius 2 is 2.14 bits per heavy atom. The lowest BCUT2D eigenvalue weighted by atomic mass is 9.92. The van der Waals surface area contributed by atoms with Gasteiger partial charge in [0.1, 0.15) is 0 Å². The van der Waals surface area contributed by atoms with E-state index < -0.39 is 0 Å². The molecule has 0 bridgehead atoms. The van der Waals surface area contributed by atoms with Crippen LogP contribution in [-0.2, 0) is 4.79 Å². The lowest BCUT2D eigenvalue weighted by molar-refractivity contribution is -0.118. The number of benzene rings is 1. The molecule has 4 nitrogen and oxygen atoms in total. The first kappa shape index (κ1) is 14.7. The quantitative estimate of drug-likeness (QED) is 0.844. The summed E-state index contributed by atoms with van der Waals surface area (Å²) in [7, 11) is 0. The van der Waals surface area contributed by atoms with Crippen molar-refractivity contribution in [1.29, 1.82) is 0 Å². The van der Waals surface area contributed by atoms with Crippen LogP contribution in [0.5, 0.6) is 0 Å². The molecule has 1 amide bonds. The summed E-state index contributed by atoms with van der Waals surface area (Å²) in [5.74, 6) is 0.791. The second-order valence-electron chi connectivity index (χ2n) is 6.15. The van der Waals surface area contributed by atoms with Crippen LogP contribution < -0.4 is 11.1 Å². The van der Waals surface area contributed by atoms with E-state index >= 15 is 0 Å². The second kappa shape index (κ2) is 6.24. The Morgan fingerprint density at radius 1 is 1.33 bits per heavy atom. The number of rotatable bonds is 3. The van der Waals surface area contributed by atoms with Gasteiger partial charge in [-0.05, 0) is 56.3 Å². The highest BCUT2D eigenvalue weighted by molar-refractivity contribution is 6.31. The van der Waals surface area contributed by atoms with Crippen molar-refractivity contribution in [3.05, 3.63) is 23.2 Å². The molecule has 3 rings (SSSR count). The fourth-order valence-corrected chi connectivity index (χ4v) is 3.94. The SMILES string of the molecule is Nc1ccc(Cl)cc1NC(=O)CN1CCCC2CCCC21. The van der Waals surface area contributed by atoms with Crippen LogP contribution in [-0.4, -0.2) is 29.9 Å². The van der Waals surface area contributed by atoms with Crippen molar-refractivity contribution in [2.75, 3.05) is 24.1 Å². The first-order valence-electron chi connectivity index (χ1n) is 7.72. The summed E-state index contributed by atoms with van der Waals surface area (Å²) in [6.07, 6.45) is 6.38. The number of carbonyl (C=O) groups is 1. The van der Waals surface area contributed by atoms with Crippen LogP contribution in [0.2, 0.25) is 5.02 Å². The van der Waals surface area contributed by atoms with E-state index in [9.17, 15) is 4.79 Å². The fraction of sp³-hybridized carbons (Fsp3) is 0.562. The molecule has 0 aromatic heterocycles. The van der Waals surface area contributed by atoms with Crippen molar-refractivity contribution in [1.82, 2.24) is 4.90 Å². The van der Waals surface area contributed by atoms with Gasteiger partial charge in [-0.3, -0.25) is 9.69 Å².